The van der Waals surface area contributed by atoms with Crippen LogP contribution in [-0.4, -0.2) is 17.7 Å². The van der Waals surface area contributed by atoms with Crippen LogP contribution in [0.5, 0.6) is 0 Å². The third kappa shape index (κ3) is 6.02. The maximum atomic E-state index is 13.3. The Kier molecular flexibility index (Phi) is 7.19. The summed E-state index contributed by atoms with van der Waals surface area (Å²) in [5.41, 5.74) is 3.73. The maximum Gasteiger partial charge on any atom is 0.332 e. The van der Waals surface area contributed by atoms with Gasteiger partial charge < -0.3 is 4.74 Å². The molecule has 0 aliphatic heterocycles. The summed E-state index contributed by atoms with van der Waals surface area (Å²) in [6, 6.07) is 28.9. The monoisotopic (exact) mass is 411 g/mol. The van der Waals surface area contributed by atoms with Crippen LogP contribution in [0.25, 0.3) is 0 Å². The van der Waals surface area contributed by atoms with Crippen molar-refractivity contribution in [3.05, 3.63) is 120 Å². The van der Waals surface area contributed by atoms with Crippen molar-refractivity contribution in [2.75, 3.05) is 0 Å². The fraction of sp³-hybridized carbons (Fsp3) is 0.214. The molecule has 0 fully saturated rings. The largest absolute Gasteiger partial charge is 0.453 e. The third-order valence-electron chi connectivity index (χ3n) is 5.02. The van der Waals surface area contributed by atoms with Gasteiger partial charge in [0.05, 0.1) is 5.71 Å². The molecule has 0 N–H and O–H groups in total. The van der Waals surface area contributed by atoms with Gasteiger partial charge in [-0.2, -0.15) is 0 Å². The minimum atomic E-state index is -0.763. The number of aliphatic imine (C=N–C) groups is 1. The summed E-state index contributed by atoms with van der Waals surface area (Å²) in [4.78, 5) is 18.2. The van der Waals surface area contributed by atoms with E-state index in [1.54, 1.807) is 0 Å². The first-order valence-electron chi connectivity index (χ1n) is 10.5. The van der Waals surface area contributed by atoms with Gasteiger partial charge in [-0.1, -0.05) is 96.6 Å². The summed E-state index contributed by atoms with van der Waals surface area (Å²) in [6.07, 6.45) is 0.423. The topological polar surface area (TPSA) is 38.7 Å². The molecule has 0 spiro atoms. The van der Waals surface area contributed by atoms with Crippen molar-refractivity contribution in [1.82, 2.24) is 0 Å². The van der Waals surface area contributed by atoms with Crippen molar-refractivity contribution in [1.29, 1.82) is 0 Å². The number of hydrogen-bond acceptors (Lipinski definition) is 3. The van der Waals surface area contributed by atoms with Crippen LogP contribution in [0.4, 0.5) is 0 Å². The quantitative estimate of drug-likeness (QED) is 0.246. The molecule has 3 rings (SSSR count). The van der Waals surface area contributed by atoms with E-state index in [1.807, 2.05) is 112 Å². The average Bonchev–Trinajstić information content (AvgIpc) is 2.78. The predicted octanol–water partition coefficient (Wildman–Crippen LogP) is 6.34. The van der Waals surface area contributed by atoms with E-state index in [0.717, 1.165) is 28.0 Å². The van der Waals surface area contributed by atoms with Gasteiger partial charge in [0.2, 0.25) is 0 Å². The number of hydrogen-bond donors (Lipinski definition) is 0. The van der Waals surface area contributed by atoms with Gasteiger partial charge in [0, 0.05) is 17.5 Å². The first-order chi connectivity index (χ1) is 14.9. The lowest BCUT2D eigenvalue weighted by molar-refractivity contribution is -0.159. The summed E-state index contributed by atoms with van der Waals surface area (Å²) < 4.78 is 5.97. The first-order valence-corrected chi connectivity index (χ1v) is 10.5. The zero-order valence-corrected chi connectivity index (χ0v) is 18.4. The van der Waals surface area contributed by atoms with Crippen molar-refractivity contribution in [3.8, 4) is 0 Å². The van der Waals surface area contributed by atoms with E-state index in [1.165, 1.54) is 0 Å². The highest BCUT2D eigenvalue weighted by Gasteiger charge is 2.30. The Bertz CT molecular complexity index is 997. The van der Waals surface area contributed by atoms with Crippen LogP contribution < -0.4 is 0 Å². The number of esters is 1. The summed E-state index contributed by atoms with van der Waals surface area (Å²) in [5, 5.41) is 0. The molecule has 0 heterocycles. The van der Waals surface area contributed by atoms with Crippen LogP contribution in [0.3, 0.4) is 0 Å². The molecule has 0 bridgehead atoms. The summed E-state index contributed by atoms with van der Waals surface area (Å²) >= 11 is 0. The molecule has 3 aromatic rings. The SMILES string of the molecule is C=C(C)C[C@@H](N=C(c1ccccc1)c1ccccc1)C(=O)OC(C)(C)c1ccccc1. The fourth-order valence-electron chi connectivity index (χ4n) is 3.39. The highest BCUT2D eigenvalue weighted by molar-refractivity contribution is 6.13. The van der Waals surface area contributed by atoms with E-state index in [2.05, 4.69) is 6.58 Å². The molecule has 1 atom stereocenters. The second-order valence-corrected chi connectivity index (χ2v) is 8.18. The van der Waals surface area contributed by atoms with Gasteiger partial charge >= 0.3 is 5.97 Å². The number of rotatable bonds is 8. The Morgan fingerprint density at radius 3 is 1.77 bits per heavy atom. The second-order valence-electron chi connectivity index (χ2n) is 8.18. The highest BCUT2D eigenvalue weighted by Crippen LogP contribution is 2.26. The lowest BCUT2D eigenvalue weighted by Crippen LogP contribution is -2.32. The van der Waals surface area contributed by atoms with Gasteiger partial charge in [-0.3, -0.25) is 4.99 Å². The van der Waals surface area contributed by atoms with Gasteiger partial charge in [-0.25, -0.2) is 4.79 Å². The molecule has 3 heteroatoms. The van der Waals surface area contributed by atoms with Gasteiger partial charge in [-0.15, -0.1) is 6.58 Å². The van der Waals surface area contributed by atoms with Gasteiger partial charge in [-0.05, 0) is 26.3 Å². The fourth-order valence-corrected chi connectivity index (χ4v) is 3.39. The zero-order valence-electron chi connectivity index (χ0n) is 18.4. The number of carbonyl (C=O) groups excluding carboxylic acids is 1. The normalized spacial score (nSPS) is 12.0. The summed E-state index contributed by atoms with van der Waals surface area (Å²) in [7, 11) is 0. The van der Waals surface area contributed by atoms with Gasteiger partial charge in [0.25, 0.3) is 0 Å². The lowest BCUT2D eigenvalue weighted by Gasteiger charge is -2.27. The molecule has 0 aliphatic carbocycles. The van der Waals surface area contributed by atoms with E-state index < -0.39 is 11.6 Å². The highest BCUT2D eigenvalue weighted by atomic mass is 16.6. The van der Waals surface area contributed by atoms with E-state index in [9.17, 15) is 4.79 Å². The molecule has 0 amide bonds. The molecule has 0 radical (unpaired) electrons. The van der Waals surface area contributed by atoms with E-state index in [4.69, 9.17) is 9.73 Å². The van der Waals surface area contributed by atoms with Crippen molar-refractivity contribution >= 4 is 11.7 Å². The molecule has 0 unspecified atom stereocenters. The van der Waals surface area contributed by atoms with Crippen LogP contribution >= 0.6 is 0 Å². The molecular weight excluding hydrogens is 382 g/mol. The van der Waals surface area contributed by atoms with E-state index >= 15 is 0 Å². The molecule has 0 saturated heterocycles. The van der Waals surface area contributed by atoms with Crippen LogP contribution in [0.15, 0.2) is 108 Å². The maximum absolute atomic E-state index is 13.3. The van der Waals surface area contributed by atoms with Crippen LogP contribution in [0.2, 0.25) is 0 Å². The lowest BCUT2D eigenvalue weighted by atomic mass is 9.97. The minimum absolute atomic E-state index is 0.360. The van der Waals surface area contributed by atoms with Crippen molar-refractivity contribution in [2.24, 2.45) is 4.99 Å². The average molecular weight is 412 g/mol. The first kappa shape index (κ1) is 22.2. The summed E-state index contributed by atoms with van der Waals surface area (Å²) in [5.74, 6) is -0.360. The number of carbonyl (C=O) groups is 1. The van der Waals surface area contributed by atoms with Crippen LogP contribution in [0.1, 0.15) is 43.9 Å². The van der Waals surface area contributed by atoms with Gasteiger partial charge in [0.1, 0.15) is 5.60 Å². The van der Waals surface area contributed by atoms with E-state index in [-0.39, 0.29) is 5.97 Å². The van der Waals surface area contributed by atoms with Crippen molar-refractivity contribution < 1.29 is 9.53 Å². The second kappa shape index (κ2) is 10.0. The molecule has 0 aliphatic rings. The molecule has 158 valence electrons. The molecular formula is C28H29NO2. The predicted molar refractivity (Wildman–Crippen MR) is 127 cm³/mol. The number of ether oxygens (including phenoxy) is 1. The van der Waals surface area contributed by atoms with Crippen LogP contribution in [-0.2, 0) is 15.1 Å². The standard InChI is InChI=1S/C28H29NO2/c1-21(2)20-25(27(30)31-28(3,4)24-18-12-7-13-19-24)29-26(22-14-8-5-9-15-22)23-16-10-6-11-17-23/h5-19,25H,1,20H2,2-4H3/t25-/m1/s1. The molecule has 0 aromatic heterocycles. The minimum Gasteiger partial charge on any atom is -0.453 e. The summed E-state index contributed by atoms with van der Waals surface area (Å²) in [6.45, 7) is 9.71. The Balaban J connectivity index is 1.98. The Morgan fingerprint density at radius 1 is 0.871 bits per heavy atom. The van der Waals surface area contributed by atoms with Crippen LogP contribution in [0, 0.1) is 0 Å². The molecule has 31 heavy (non-hydrogen) atoms. The van der Waals surface area contributed by atoms with Crippen molar-refractivity contribution in [2.45, 2.75) is 38.8 Å². The Morgan fingerprint density at radius 2 is 1.32 bits per heavy atom. The Labute approximate surface area is 185 Å². The molecule has 0 saturated carbocycles. The molecule has 3 aromatic carbocycles. The number of benzene rings is 3. The number of nitrogens with zero attached hydrogens (tertiary/aromatic N) is 1. The van der Waals surface area contributed by atoms with Gasteiger partial charge in [0.15, 0.2) is 6.04 Å². The Hall–Kier alpha value is -3.46. The smallest absolute Gasteiger partial charge is 0.332 e. The molecule has 3 nitrogen and oxygen atoms in total. The van der Waals surface area contributed by atoms with E-state index in [0.29, 0.717) is 6.42 Å². The zero-order chi connectivity index (χ0) is 22.3. The third-order valence-corrected chi connectivity index (χ3v) is 5.02. The van der Waals surface area contributed by atoms with Crippen molar-refractivity contribution in [3.63, 3.8) is 0 Å².